The zero-order chi connectivity index (χ0) is 14.5. The molecule has 1 aromatic carbocycles. The van der Waals surface area contributed by atoms with Gasteiger partial charge in [-0.1, -0.05) is 6.92 Å². The Bertz CT molecular complexity index is 607. The van der Waals surface area contributed by atoms with Crippen LogP contribution in [0, 0.1) is 0 Å². The summed E-state index contributed by atoms with van der Waals surface area (Å²) < 4.78 is 5.38. The molecule has 0 radical (unpaired) electrons. The lowest BCUT2D eigenvalue weighted by Gasteiger charge is -2.09. The van der Waals surface area contributed by atoms with Crippen LogP contribution in [-0.2, 0) is 6.42 Å². The summed E-state index contributed by atoms with van der Waals surface area (Å²) in [6.07, 6.45) is 2.48. The van der Waals surface area contributed by atoms with Crippen molar-refractivity contribution in [2.75, 3.05) is 17.7 Å². The van der Waals surface area contributed by atoms with E-state index in [0.717, 1.165) is 12.0 Å². The van der Waals surface area contributed by atoms with E-state index in [1.807, 2.05) is 13.8 Å². The van der Waals surface area contributed by atoms with Gasteiger partial charge in [0, 0.05) is 22.9 Å². The number of nitrogens with zero attached hydrogens (tertiary/aromatic N) is 1. The van der Waals surface area contributed by atoms with Gasteiger partial charge in [0.2, 0.25) is 0 Å². The van der Waals surface area contributed by atoms with Crippen LogP contribution in [0.2, 0.25) is 0 Å². The number of nitrogens with one attached hydrogen (secondary N) is 2. The van der Waals surface area contributed by atoms with E-state index in [9.17, 15) is 4.79 Å². The molecule has 0 saturated heterocycles. The van der Waals surface area contributed by atoms with E-state index in [2.05, 4.69) is 15.5 Å². The molecule has 1 amide bonds. The first kappa shape index (κ1) is 13.9. The number of carbonyl (C=O) groups is 1. The summed E-state index contributed by atoms with van der Waals surface area (Å²) in [7, 11) is 0. The van der Waals surface area contributed by atoms with Gasteiger partial charge in [-0.25, -0.2) is 0 Å². The molecule has 0 atom stereocenters. The molecule has 106 valence electrons. The Morgan fingerprint density at radius 2 is 2.20 bits per heavy atom. The zero-order valence-corrected chi connectivity index (χ0v) is 11.6. The number of anilines is 2. The van der Waals surface area contributed by atoms with Gasteiger partial charge in [0.05, 0.1) is 12.8 Å². The summed E-state index contributed by atoms with van der Waals surface area (Å²) in [5.41, 5.74) is 7.66. The second kappa shape index (κ2) is 6.10. The van der Waals surface area contributed by atoms with Crippen molar-refractivity contribution in [1.29, 1.82) is 0 Å². The van der Waals surface area contributed by atoms with Crippen LogP contribution >= 0.6 is 0 Å². The van der Waals surface area contributed by atoms with Crippen LogP contribution in [0.1, 0.15) is 29.8 Å². The monoisotopic (exact) mass is 274 g/mol. The van der Waals surface area contributed by atoms with Crippen molar-refractivity contribution in [2.24, 2.45) is 0 Å². The lowest BCUT2D eigenvalue weighted by Crippen LogP contribution is -2.14. The number of nitrogen functional groups attached to an aromatic ring is 1. The van der Waals surface area contributed by atoms with E-state index < -0.39 is 0 Å². The third kappa shape index (κ3) is 3.09. The van der Waals surface area contributed by atoms with E-state index >= 15 is 0 Å². The quantitative estimate of drug-likeness (QED) is 0.729. The van der Waals surface area contributed by atoms with Gasteiger partial charge in [-0.05, 0) is 25.5 Å². The van der Waals surface area contributed by atoms with Gasteiger partial charge in [-0.15, -0.1) is 0 Å². The second-order valence-electron chi connectivity index (χ2n) is 4.30. The number of amides is 1. The molecule has 20 heavy (non-hydrogen) atoms. The van der Waals surface area contributed by atoms with E-state index in [4.69, 9.17) is 10.5 Å². The normalized spacial score (nSPS) is 10.3. The smallest absolute Gasteiger partial charge is 0.257 e. The summed E-state index contributed by atoms with van der Waals surface area (Å²) in [4.78, 5) is 12.2. The molecule has 0 spiro atoms. The summed E-state index contributed by atoms with van der Waals surface area (Å²) in [5, 5.41) is 9.47. The maximum atomic E-state index is 12.2. The number of ether oxygens (including phenoxy) is 1. The molecular formula is C14H18N4O2. The lowest BCUT2D eigenvalue weighted by molar-refractivity contribution is 0.102. The van der Waals surface area contributed by atoms with Crippen LogP contribution in [-0.4, -0.2) is 22.7 Å². The molecule has 0 saturated carbocycles. The van der Waals surface area contributed by atoms with Crippen molar-refractivity contribution in [3.63, 3.8) is 0 Å². The lowest BCUT2D eigenvalue weighted by atomic mass is 10.1. The van der Waals surface area contributed by atoms with E-state index in [1.165, 1.54) is 0 Å². The molecule has 2 rings (SSSR count). The van der Waals surface area contributed by atoms with Crippen molar-refractivity contribution in [3.8, 4) is 5.75 Å². The summed E-state index contributed by atoms with van der Waals surface area (Å²) in [6.45, 7) is 4.39. The molecular weight excluding hydrogens is 256 g/mol. The average Bonchev–Trinajstić information content (AvgIpc) is 2.85. The number of aromatic nitrogens is 2. The molecule has 1 heterocycles. The Hall–Kier alpha value is -2.50. The first-order valence-corrected chi connectivity index (χ1v) is 6.51. The number of nitrogens with two attached hydrogens (primary N) is 1. The summed E-state index contributed by atoms with van der Waals surface area (Å²) in [5.74, 6) is 0.938. The molecule has 6 nitrogen and oxygen atoms in total. The average molecular weight is 274 g/mol. The van der Waals surface area contributed by atoms with E-state index in [1.54, 1.807) is 24.4 Å². The van der Waals surface area contributed by atoms with Crippen LogP contribution in [0.3, 0.4) is 0 Å². The Balaban J connectivity index is 2.20. The molecule has 1 aromatic heterocycles. The van der Waals surface area contributed by atoms with Crippen molar-refractivity contribution in [3.05, 3.63) is 35.5 Å². The number of rotatable bonds is 5. The van der Waals surface area contributed by atoms with Gasteiger partial charge in [0.1, 0.15) is 11.6 Å². The fourth-order valence-corrected chi connectivity index (χ4v) is 1.88. The maximum Gasteiger partial charge on any atom is 0.257 e. The van der Waals surface area contributed by atoms with Crippen molar-refractivity contribution >= 4 is 17.4 Å². The highest BCUT2D eigenvalue weighted by atomic mass is 16.5. The number of benzene rings is 1. The number of aryl methyl sites for hydroxylation is 1. The first-order chi connectivity index (χ1) is 9.63. The number of carbonyl (C=O) groups excluding carboxylic acids is 1. The van der Waals surface area contributed by atoms with E-state index in [-0.39, 0.29) is 5.91 Å². The van der Waals surface area contributed by atoms with Crippen LogP contribution in [0.4, 0.5) is 11.5 Å². The minimum Gasteiger partial charge on any atom is -0.494 e. The molecule has 4 N–H and O–H groups in total. The van der Waals surface area contributed by atoms with Crippen molar-refractivity contribution in [2.45, 2.75) is 20.3 Å². The molecule has 0 unspecified atom stereocenters. The van der Waals surface area contributed by atoms with E-state index in [0.29, 0.717) is 29.4 Å². The minimum absolute atomic E-state index is 0.253. The van der Waals surface area contributed by atoms with Gasteiger partial charge in [-0.3, -0.25) is 9.89 Å². The molecule has 6 heteroatoms. The largest absolute Gasteiger partial charge is 0.494 e. The van der Waals surface area contributed by atoms with Gasteiger partial charge in [0.15, 0.2) is 0 Å². The number of H-pyrrole nitrogens is 1. The SMILES string of the molecule is CCOc1cc(N)cc(C(=O)Nc2[nH]ncc2CC)c1. The Morgan fingerprint density at radius 3 is 2.90 bits per heavy atom. The Labute approximate surface area is 117 Å². The number of aromatic amines is 1. The van der Waals surface area contributed by atoms with Crippen LogP contribution < -0.4 is 15.8 Å². The fourth-order valence-electron chi connectivity index (χ4n) is 1.88. The number of hydrogen-bond acceptors (Lipinski definition) is 4. The third-order valence-corrected chi connectivity index (χ3v) is 2.84. The number of hydrogen-bond donors (Lipinski definition) is 3. The molecule has 0 bridgehead atoms. The predicted octanol–water partition coefficient (Wildman–Crippen LogP) is 2.21. The molecule has 0 aliphatic rings. The van der Waals surface area contributed by atoms with Gasteiger partial charge < -0.3 is 15.8 Å². The highest BCUT2D eigenvalue weighted by Crippen LogP contribution is 2.20. The first-order valence-electron chi connectivity index (χ1n) is 6.51. The van der Waals surface area contributed by atoms with Gasteiger partial charge in [0.25, 0.3) is 5.91 Å². The molecule has 0 aliphatic carbocycles. The predicted molar refractivity (Wildman–Crippen MR) is 77.9 cm³/mol. The van der Waals surface area contributed by atoms with Crippen LogP contribution in [0.5, 0.6) is 5.75 Å². The molecule has 2 aromatic rings. The Morgan fingerprint density at radius 1 is 1.40 bits per heavy atom. The highest BCUT2D eigenvalue weighted by Gasteiger charge is 2.12. The highest BCUT2D eigenvalue weighted by molar-refractivity contribution is 6.04. The van der Waals surface area contributed by atoms with Gasteiger partial charge in [-0.2, -0.15) is 5.10 Å². The van der Waals surface area contributed by atoms with Gasteiger partial charge >= 0.3 is 0 Å². The maximum absolute atomic E-state index is 12.2. The van der Waals surface area contributed by atoms with Crippen molar-refractivity contribution < 1.29 is 9.53 Å². The fraction of sp³-hybridized carbons (Fsp3) is 0.286. The van der Waals surface area contributed by atoms with Crippen LogP contribution in [0.15, 0.2) is 24.4 Å². The Kier molecular flexibility index (Phi) is 4.24. The van der Waals surface area contributed by atoms with Crippen LogP contribution in [0.25, 0.3) is 0 Å². The summed E-state index contributed by atoms with van der Waals surface area (Å²) >= 11 is 0. The van der Waals surface area contributed by atoms with Crippen molar-refractivity contribution in [1.82, 2.24) is 10.2 Å². The topological polar surface area (TPSA) is 93.0 Å². The molecule has 0 aliphatic heterocycles. The minimum atomic E-state index is -0.253. The summed E-state index contributed by atoms with van der Waals surface area (Å²) in [6, 6.07) is 4.96. The zero-order valence-electron chi connectivity index (χ0n) is 11.6. The third-order valence-electron chi connectivity index (χ3n) is 2.84. The standard InChI is InChI=1S/C14H18N4O2/c1-3-9-8-16-18-13(9)17-14(19)10-5-11(15)7-12(6-10)20-4-2/h5-8H,3-4,15H2,1-2H3,(H2,16,17,18,19). The molecule has 0 fully saturated rings. The second-order valence-corrected chi connectivity index (χ2v) is 4.30.